The van der Waals surface area contributed by atoms with Crippen molar-refractivity contribution in [3.8, 4) is 0 Å². The molecule has 1 heterocycles. The van der Waals surface area contributed by atoms with Gasteiger partial charge in [-0.05, 0) is 12.8 Å². The van der Waals surface area contributed by atoms with Gasteiger partial charge in [0.15, 0.2) is 0 Å². The highest BCUT2D eigenvalue weighted by Crippen LogP contribution is 2.15. The summed E-state index contributed by atoms with van der Waals surface area (Å²) in [5.41, 5.74) is 1.25. The maximum atomic E-state index is 10.8. The van der Waals surface area contributed by atoms with Gasteiger partial charge in [-0.25, -0.2) is 5.84 Å². The van der Waals surface area contributed by atoms with Gasteiger partial charge in [-0.1, -0.05) is 12.5 Å². The second kappa shape index (κ2) is 2.84. The summed E-state index contributed by atoms with van der Waals surface area (Å²) in [5, 5.41) is 1.18. The summed E-state index contributed by atoms with van der Waals surface area (Å²) in [5.74, 6) is 5.36. The molecular formula is C7H12N2O. The van der Waals surface area contributed by atoms with Crippen molar-refractivity contribution in [3.05, 3.63) is 11.8 Å². The van der Waals surface area contributed by atoms with Gasteiger partial charge in [0.05, 0.1) is 0 Å². The first-order valence-corrected chi connectivity index (χ1v) is 3.50. The van der Waals surface area contributed by atoms with Gasteiger partial charge < -0.3 is 0 Å². The molecule has 1 amide bonds. The second-order valence-electron chi connectivity index (χ2n) is 2.44. The van der Waals surface area contributed by atoms with Crippen LogP contribution in [-0.4, -0.2) is 10.9 Å². The number of hydrazine groups is 1. The number of nitrogens with zero attached hydrogens (tertiary/aromatic N) is 1. The lowest BCUT2D eigenvalue weighted by Gasteiger charge is -2.19. The Labute approximate surface area is 60.5 Å². The molecule has 0 saturated heterocycles. The van der Waals surface area contributed by atoms with E-state index in [1.54, 1.807) is 6.20 Å². The zero-order valence-corrected chi connectivity index (χ0v) is 6.13. The fourth-order valence-corrected chi connectivity index (χ4v) is 0.998. The van der Waals surface area contributed by atoms with Gasteiger partial charge in [-0.2, -0.15) is 0 Å². The summed E-state index contributed by atoms with van der Waals surface area (Å²) in [4.78, 5) is 10.8. The standard InChI is InChI=1S/C7H12N2O/c1-2-6-3-4-7(10)9(8)5-6/h5H,2-4,8H2,1H3. The van der Waals surface area contributed by atoms with E-state index in [0.717, 1.165) is 12.8 Å². The molecule has 2 N–H and O–H groups in total. The Morgan fingerprint density at radius 3 is 2.90 bits per heavy atom. The van der Waals surface area contributed by atoms with Crippen molar-refractivity contribution in [3.63, 3.8) is 0 Å². The first kappa shape index (κ1) is 7.28. The smallest absolute Gasteiger partial charge is 0.240 e. The molecule has 1 rings (SSSR count). The topological polar surface area (TPSA) is 46.3 Å². The molecule has 1 aliphatic rings. The summed E-state index contributed by atoms with van der Waals surface area (Å²) in [7, 11) is 0. The van der Waals surface area contributed by atoms with Crippen LogP contribution in [0.5, 0.6) is 0 Å². The van der Waals surface area contributed by atoms with E-state index in [2.05, 4.69) is 6.92 Å². The Hall–Kier alpha value is -0.830. The molecule has 0 aromatic carbocycles. The van der Waals surface area contributed by atoms with Crippen LogP contribution in [0.4, 0.5) is 0 Å². The minimum Gasteiger partial charge on any atom is -0.273 e. The van der Waals surface area contributed by atoms with Crippen molar-refractivity contribution in [2.24, 2.45) is 5.84 Å². The fraction of sp³-hybridized carbons (Fsp3) is 0.571. The van der Waals surface area contributed by atoms with Crippen LogP contribution in [0.25, 0.3) is 0 Å². The molecular weight excluding hydrogens is 128 g/mol. The molecule has 0 atom stereocenters. The summed E-state index contributed by atoms with van der Waals surface area (Å²) in [6, 6.07) is 0. The van der Waals surface area contributed by atoms with E-state index >= 15 is 0 Å². The molecule has 0 aliphatic carbocycles. The zero-order valence-electron chi connectivity index (χ0n) is 6.13. The molecule has 0 spiro atoms. The number of rotatable bonds is 1. The van der Waals surface area contributed by atoms with E-state index < -0.39 is 0 Å². The normalized spacial score (nSPS) is 19.2. The third kappa shape index (κ3) is 1.36. The summed E-state index contributed by atoms with van der Waals surface area (Å²) in [6.45, 7) is 2.06. The molecule has 0 aromatic rings. The van der Waals surface area contributed by atoms with Crippen molar-refractivity contribution in [2.45, 2.75) is 26.2 Å². The molecule has 10 heavy (non-hydrogen) atoms. The number of carbonyl (C=O) groups is 1. The SMILES string of the molecule is CCC1=CN(N)C(=O)CC1. The van der Waals surface area contributed by atoms with Crippen LogP contribution >= 0.6 is 0 Å². The van der Waals surface area contributed by atoms with Crippen molar-refractivity contribution in [1.29, 1.82) is 0 Å². The van der Waals surface area contributed by atoms with Gasteiger partial charge in [0.25, 0.3) is 0 Å². The average molecular weight is 140 g/mol. The third-order valence-corrected chi connectivity index (χ3v) is 1.72. The van der Waals surface area contributed by atoms with Crippen molar-refractivity contribution >= 4 is 5.91 Å². The van der Waals surface area contributed by atoms with E-state index in [9.17, 15) is 4.79 Å². The number of nitrogens with two attached hydrogens (primary N) is 1. The molecule has 3 nitrogen and oxygen atoms in total. The van der Waals surface area contributed by atoms with Gasteiger partial charge in [0, 0.05) is 12.6 Å². The fourth-order valence-electron chi connectivity index (χ4n) is 0.998. The summed E-state index contributed by atoms with van der Waals surface area (Å²) in [6.07, 6.45) is 4.16. The van der Waals surface area contributed by atoms with Gasteiger partial charge in [0.2, 0.25) is 5.91 Å². The van der Waals surface area contributed by atoms with Crippen LogP contribution in [0.2, 0.25) is 0 Å². The van der Waals surface area contributed by atoms with Gasteiger partial charge >= 0.3 is 0 Å². The van der Waals surface area contributed by atoms with Crippen LogP contribution in [0, 0.1) is 0 Å². The van der Waals surface area contributed by atoms with Crippen LogP contribution < -0.4 is 5.84 Å². The number of amides is 1. The predicted octanol–water partition coefficient (Wildman–Crippen LogP) is 0.776. The Balaban J connectivity index is 2.65. The lowest BCUT2D eigenvalue weighted by Crippen LogP contribution is -2.34. The van der Waals surface area contributed by atoms with E-state index in [1.165, 1.54) is 10.6 Å². The minimum atomic E-state index is 0.0113. The van der Waals surface area contributed by atoms with E-state index in [4.69, 9.17) is 5.84 Å². The van der Waals surface area contributed by atoms with E-state index in [1.807, 2.05) is 0 Å². The maximum Gasteiger partial charge on any atom is 0.240 e. The predicted molar refractivity (Wildman–Crippen MR) is 38.6 cm³/mol. The summed E-state index contributed by atoms with van der Waals surface area (Å²) < 4.78 is 0. The van der Waals surface area contributed by atoms with Gasteiger partial charge in [-0.15, -0.1) is 0 Å². The molecule has 0 aromatic heterocycles. The van der Waals surface area contributed by atoms with Crippen LogP contribution in [0.3, 0.4) is 0 Å². The first-order chi connectivity index (χ1) is 4.74. The van der Waals surface area contributed by atoms with Crippen LogP contribution in [0.1, 0.15) is 26.2 Å². The Kier molecular flexibility index (Phi) is 2.06. The highest BCUT2D eigenvalue weighted by atomic mass is 16.2. The number of hydrogen-bond donors (Lipinski definition) is 1. The van der Waals surface area contributed by atoms with Crippen molar-refractivity contribution in [2.75, 3.05) is 0 Å². The molecule has 3 heteroatoms. The zero-order chi connectivity index (χ0) is 7.56. The average Bonchev–Trinajstić information content (AvgIpc) is 1.95. The van der Waals surface area contributed by atoms with Gasteiger partial charge in [-0.3, -0.25) is 9.80 Å². The molecule has 0 fully saturated rings. The first-order valence-electron chi connectivity index (χ1n) is 3.50. The number of allylic oxidation sites excluding steroid dienone is 1. The molecule has 0 unspecified atom stereocenters. The second-order valence-corrected chi connectivity index (χ2v) is 2.44. The van der Waals surface area contributed by atoms with Crippen molar-refractivity contribution in [1.82, 2.24) is 5.01 Å². The number of hydrogen-bond acceptors (Lipinski definition) is 2. The lowest BCUT2D eigenvalue weighted by molar-refractivity contribution is -0.129. The Bertz CT molecular complexity index is 174. The molecule has 56 valence electrons. The van der Waals surface area contributed by atoms with Crippen LogP contribution in [0.15, 0.2) is 11.8 Å². The maximum absolute atomic E-state index is 10.8. The Morgan fingerprint density at radius 2 is 2.40 bits per heavy atom. The van der Waals surface area contributed by atoms with Crippen LogP contribution in [-0.2, 0) is 4.79 Å². The molecule has 1 aliphatic heterocycles. The van der Waals surface area contributed by atoms with Gasteiger partial charge in [0.1, 0.15) is 0 Å². The quantitative estimate of drug-likeness (QED) is 0.432. The van der Waals surface area contributed by atoms with E-state index in [0.29, 0.717) is 6.42 Å². The molecule has 0 saturated carbocycles. The lowest BCUT2D eigenvalue weighted by atomic mass is 10.1. The summed E-state index contributed by atoms with van der Waals surface area (Å²) >= 11 is 0. The number of carbonyl (C=O) groups excluding carboxylic acids is 1. The Morgan fingerprint density at radius 1 is 1.70 bits per heavy atom. The minimum absolute atomic E-state index is 0.0113. The third-order valence-electron chi connectivity index (χ3n) is 1.72. The highest BCUT2D eigenvalue weighted by Gasteiger charge is 2.13. The van der Waals surface area contributed by atoms with E-state index in [-0.39, 0.29) is 5.91 Å². The largest absolute Gasteiger partial charge is 0.273 e. The van der Waals surface area contributed by atoms with Crippen molar-refractivity contribution < 1.29 is 4.79 Å². The molecule has 0 bridgehead atoms. The molecule has 0 radical (unpaired) electrons. The highest BCUT2D eigenvalue weighted by molar-refractivity contribution is 5.78. The monoisotopic (exact) mass is 140 g/mol.